The molecule has 0 radical (unpaired) electrons. The Bertz CT molecular complexity index is 755. The Labute approximate surface area is 141 Å². The van der Waals surface area contributed by atoms with E-state index in [-0.39, 0.29) is 30.7 Å². The van der Waals surface area contributed by atoms with Crippen LogP contribution in [0.15, 0.2) is 48.7 Å². The Hall–Kier alpha value is -2.81. The Balaban J connectivity index is 2.48. The Morgan fingerprint density at radius 2 is 2.08 bits per heavy atom. The molecule has 0 spiro atoms. The molecule has 0 aliphatic carbocycles. The summed E-state index contributed by atoms with van der Waals surface area (Å²) in [4.78, 5) is 19.5. The van der Waals surface area contributed by atoms with Gasteiger partial charge in [-0.3, -0.25) is 4.79 Å². The molecule has 0 saturated heterocycles. The van der Waals surface area contributed by atoms with Crippen LogP contribution in [0, 0.1) is 0 Å². The summed E-state index contributed by atoms with van der Waals surface area (Å²) in [5.74, 6) is 4.29. The number of alkyl halides is 3. The number of allylic oxidation sites excluding steroid dienone is 2. The van der Waals surface area contributed by atoms with Gasteiger partial charge in [0.1, 0.15) is 5.76 Å². The molecule has 1 heterocycles. The number of benzene rings is 1. The van der Waals surface area contributed by atoms with E-state index in [0.717, 1.165) is 12.1 Å². The van der Waals surface area contributed by atoms with Crippen LogP contribution in [0.4, 0.5) is 13.2 Å². The highest BCUT2D eigenvalue weighted by Gasteiger charge is 2.30. The third-order valence-electron chi connectivity index (χ3n) is 3.48. The van der Waals surface area contributed by atoms with Gasteiger partial charge in [0.15, 0.2) is 0 Å². The predicted octanol–water partition coefficient (Wildman–Crippen LogP) is 3.07. The minimum atomic E-state index is -4.50. The van der Waals surface area contributed by atoms with Crippen LogP contribution in [0.3, 0.4) is 0 Å². The van der Waals surface area contributed by atoms with Crippen molar-refractivity contribution in [3.63, 3.8) is 0 Å². The molecular weight excluding hydrogens is 339 g/mol. The summed E-state index contributed by atoms with van der Waals surface area (Å²) < 4.78 is 40.6. The van der Waals surface area contributed by atoms with Gasteiger partial charge in [0.05, 0.1) is 24.9 Å². The summed E-state index contributed by atoms with van der Waals surface area (Å²) >= 11 is 0. The molecule has 0 aliphatic rings. The number of aromatic nitrogens is 2. The number of carbonyl (C=O) groups is 1. The lowest BCUT2D eigenvalue weighted by Crippen LogP contribution is -2.10. The van der Waals surface area contributed by atoms with Crippen LogP contribution in [0.5, 0.6) is 0 Å². The van der Waals surface area contributed by atoms with E-state index in [9.17, 15) is 18.0 Å². The second-order valence-electron chi connectivity index (χ2n) is 5.23. The number of hydrogen-bond donors (Lipinski definition) is 2. The number of aliphatic carboxylic acids is 1. The Kier molecular flexibility index (Phi) is 5.81. The van der Waals surface area contributed by atoms with Crippen molar-refractivity contribution in [1.82, 2.24) is 9.55 Å². The number of carboxylic acid groups (broad SMARTS) is 1. The third-order valence-corrected chi connectivity index (χ3v) is 3.48. The zero-order chi connectivity index (χ0) is 18.4. The highest BCUT2D eigenvalue weighted by atomic mass is 19.4. The first-order chi connectivity index (χ1) is 11.8. The van der Waals surface area contributed by atoms with Crippen LogP contribution in [-0.2, 0) is 22.4 Å². The first-order valence-electron chi connectivity index (χ1n) is 7.25. The molecule has 1 aromatic heterocycles. The van der Waals surface area contributed by atoms with Crippen LogP contribution < -0.4 is 5.90 Å². The molecule has 0 fully saturated rings. The van der Waals surface area contributed by atoms with E-state index in [0.29, 0.717) is 5.57 Å². The maximum atomic E-state index is 13.0. The van der Waals surface area contributed by atoms with Gasteiger partial charge in [-0.2, -0.15) is 19.1 Å². The van der Waals surface area contributed by atoms with Gasteiger partial charge in [0, 0.05) is 24.4 Å². The molecule has 6 nitrogen and oxygen atoms in total. The molecule has 0 amide bonds. The van der Waals surface area contributed by atoms with Gasteiger partial charge >= 0.3 is 12.1 Å². The van der Waals surface area contributed by atoms with Gasteiger partial charge in [-0.15, -0.1) is 0 Å². The molecule has 1 aromatic carbocycles. The zero-order valence-corrected chi connectivity index (χ0v) is 13.0. The largest absolute Gasteiger partial charge is 0.481 e. The molecule has 2 aromatic rings. The van der Waals surface area contributed by atoms with Gasteiger partial charge in [0.2, 0.25) is 0 Å². The van der Waals surface area contributed by atoms with E-state index in [1.807, 2.05) is 0 Å². The number of nitrogens with zero attached hydrogens (tertiary/aromatic N) is 2. The zero-order valence-electron chi connectivity index (χ0n) is 13.0. The van der Waals surface area contributed by atoms with Crippen molar-refractivity contribution in [2.75, 3.05) is 0 Å². The standard InChI is InChI=1S/C16H16F3N3O3/c17-16(18,19)12-3-1-2-11(8-12)13(9-22-7-6-21-10-22)14(25-20)4-5-15(23)24/h1-3,6-8,10H,4-5,9,20H2,(H,23,24). The number of halogens is 3. The molecule has 3 N–H and O–H groups in total. The van der Waals surface area contributed by atoms with Crippen LogP contribution in [-0.4, -0.2) is 20.6 Å². The number of carboxylic acids is 1. The fourth-order valence-corrected chi connectivity index (χ4v) is 2.29. The molecule has 0 atom stereocenters. The molecule has 134 valence electrons. The second-order valence-corrected chi connectivity index (χ2v) is 5.23. The highest BCUT2D eigenvalue weighted by Crippen LogP contribution is 2.32. The van der Waals surface area contributed by atoms with Crippen molar-refractivity contribution in [3.05, 3.63) is 59.9 Å². The predicted molar refractivity (Wildman–Crippen MR) is 82.7 cm³/mol. The van der Waals surface area contributed by atoms with Gasteiger partial charge in [-0.25, -0.2) is 4.98 Å². The van der Waals surface area contributed by atoms with Crippen LogP contribution in [0.1, 0.15) is 24.0 Å². The van der Waals surface area contributed by atoms with E-state index in [1.54, 1.807) is 10.8 Å². The summed E-state index contributed by atoms with van der Waals surface area (Å²) in [6, 6.07) is 4.70. The van der Waals surface area contributed by atoms with Crippen LogP contribution in [0.25, 0.3) is 5.57 Å². The maximum Gasteiger partial charge on any atom is 0.416 e. The fraction of sp³-hybridized carbons (Fsp3) is 0.250. The normalized spacial score (nSPS) is 12.6. The van der Waals surface area contributed by atoms with Gasteiger partial charge in [0.25, 0.3) is 0 Å². The number of hydrogen-bond acceptors (Lipinski definition) is 4. The molecule has 2 rings (SSSR count). The van der Waals surface area contributed by atoms with E-state index in [4.69, 9.17) is 15.8 Å². The minimum absolute atomic E-state index is 0.0495. The average Bonchev–Trinajstić information content (AvgIpc) is 3.06. The molecular formula is C16H16F3N3O3. The first-order valence-corrected chi connectivity index (χ1v) is 7.25. The first kappa shape index (κ1) is 18.5. The van der Waals surface area contributed by atoms with Gasteiger partial charge in [-0.1, -0.05) is 12.1 Å². The van der Waals surface area contributed by atoms with Crippen molar-refractivity contribution in [2.45, 2.75) is 25.6 Å². The topological polar surface area (TPSA) is 90.4 Å². The summed E-state index contributed by atoms with van der Waals surface area (Å²) in [5, 5.41) is 8.83. The van der Waals surface area contributed by atoms with Crippen LogP contribution >= 0.6 is 0 Å². The molecule has 0 saturated carbocycles. The maximum absolute atomic E-state index is 13.0. The van der Waals surface area contributed by atoms with E-state index >= 15 is 0 Å². The van der Waals surface area contributed by atoms with E-state index in [2.05, 4.69) is 4.98 Å². The molecule has 25 heavy (non-hydrogen) atoms. The monoisotopic (exact) mass is 355 g/mol. The van der Waals surface area contributed by atoms with Crippen molar-refractivity contribution in [3.8, 4) is 0 Å². The average molecular weight is 355 g/mol. The third kappa shape index (κ3) is 5.08. The van der Waals surface area contributed by atoms with Crippen molar-refractivity contribution < 1.29 is 27.9 Å². The smallest absolute Gasteiger partial charge is 0.416 e. The van der Waals surface area contributed by atoms with Gasteiger partial charge < -0.3 is 14.5 Å². The van der Waals surface area contributed by atoms with Crippen molar-refractivity contribution in [1.29, 1.82) is 0 Å². The summed E-state index contributed by atoms with van der Waals surface area (Å²) in [5.41, 5.74) is -0.218. The van der Waals surface area contributed by atoms with E-state index in [1.165, 1.54) is 24.7 Å². The molecule has 0 unspecified atom stereocenters. The Morgan fingerprint density at radius 3 is 2.64 bits per heavy atom. The minimum Gasteiger partial charge on any atom is -0.481 e. The SMILES string of the molecule is NOC(CCC(=O)O)=C(Cn1ccnc1)c1cccc(C(F)(F)F)c1. The lowest BCUT2D eigenvalue weighted by Gasteiger charge is -2.16. The number of rotatable bonds is 7. The Morgan fingerprint density at radius 1 is 1.32 bits per heavy atom. The number of nitrogens with two attached hydrogens (primary N) is 1. The van der Waals surface area contributed by atoms with Crippen molar-refractivity contribution >= 4 is 11.5 Å². The molecule has 0 aliphatic heterocycles. The van der Waals surface area contributed by atoms with Crippen LogP contribution in [0.2, 0.25) is 0 Å². The lowest BCUT2D eigenvalue weighted by molar-refractivity contribution is -0.138. The number of imidazole rings is 1. The lowest BCUT2D eigenvalue weighted by atomic mass is 10.00. The molecule has 0 bridgehead atoms. The van der Waals surface area contributed by atoms with E-state index < -0.39 is 17.7 Å². The quantitative estimate of drug-likeness (QED) is 0.588. The summed E-state index contributed by atoms with van der Waals surface area (Å²) in [7, 11) is 0. The van der Waals surface area contributed by atoms with Gasteiger partial charge in [-0.05, 0) is 17.7 Å². The van der Waals surface area contributed by atoms with Crippen molar-refractivity contribution in [2.24, 2.45) is 5.90 Å². The summed E-state index contributed by atoms with van der Waals surface area (Å²) in [6.07, 6.45) is -0.187. The highest BCUT2D eigenvalue weighted by molar-refractivity contribution is 5.70. The second kappa shape index (κ2) is 7.84. The molecule has 9 heteroatoms. The summed E-state index contributed by atoms with van der Waals surface area (Å²) in [6.45, 7) is 0.132. The fourth-order valence-electron chi connectivity index (χ4n) is 2.29.